The van der Waals surface area contributed by atoms with Crippen molar-refractivity contribution in [2.45, 2.75) is 39.0 Å². The summed E-state index contributed by atoms with van der Waals surface area (Å²) in [6.45, 7) is 3.13. The summed E-state index contributed by atoms with van der Waals surface area (Å²) < 4.78 is 5.49. The highest BCUT2D eigenvalue weighted by Crippen LogP contribution is 2.27. The first-order valence-corrected chi connectivity index (χ1v) is 7.52. The molecule has 1 aromatic carbocycles. The lowest BCUT2D eigenvalue weighted by Crippen LogP contribution is -2.30. The standard InChI is InChI=1S/C16H24N2O2/c1-2-20-15-13(9-6-10-14(15)17)16(19)18-11-12-7-4-3-5-8-12/h6,9-10,12H,2-5,7-8,11,17H2,1H3,(H,18,19). The largest absolute Gasteiger partial charge is 0.491 e. The quantitative estimate of drug-likeness (QED) is 0.813. The SMILES string of the molecule is CCOc1c(N)cccc1C(=O)NCC1CCCCC1. The molecular formula is C16H24N2O2. The van der Waals surface area contributed by atoms with Crippen molar-refractivity contribution in [3.63, 3.8) is 0 Å². The Morgan fingerprint density at radius 2 is 2.10 bits per heavy atom. The minimum atomic E-state index is -0.0914. The number of amides is 1. The number of hydrogen-bond donors (Lipinski definition) is 2. The van der Waals surface area contributed by atoms with E-state index in [1.807, 2.05) is 6.92 Å². The molecule has 0 radical (unpaired) electrons. The molecule has 4 heteroatoms. The Balaban J connectivity index is 1.99. The van der Waals surface area contributed by atoms with Crippen molar-refractivity contribution in [1.29, 1.82) is 0 Å². The van der Waals surface area contributed by atoms with E-state index in [2.05, 4.69) is 5.32 Å². The molecule has 2 rings (SSSR count). The predicted molar refractivity (Wildman–Crippen MR) is 80.9 cm³/mol. The van der Waals surface area contributed by atoms with E-state index >= 15 is 0 Å². The van der Waals surface area contributed by atoms with Gasteiger partial charge in [0.25, 0.3) is 5.91 Å². The topological polar surface area (TPSA) is 64.3 Å². The maximum absolute atomic E-state index is 12.3. The molecule has 1 amide bonds. The lowest BCUT2D eigenvalue weighted by molar-refractivity contribution is 0.0940. The maximum Gasteiger partial charge on any atom is 0.255 e. The Morgan fingerprint density at radius 1 is 1.35 bits per heavy atom. The Hall–Kier alpha value is -1.71. The number of nitrogens with two attached hydrogens (primary N) is 1. The monoisotopic (exact) mass is 276 g/mol. The first kappa shape index (κ1) is 14.7. The third-order valence-electron chi connectivity index (χ3n) is 3.85. The van der Waals surface area contributed by atoms with Gasteiger partial charge in [-0.25, -0.2) is 0 Å². The van der Waals surface area contributed by atoms with Crippen LogP contribution in [0, 0.1) is 5.92 Å². The summed E-state index contributed by atoms with van der Waals surface area (Å²) in [6.07, 6.45) is 6.32. The summed E-state index contributed by atoms with van der Waals surface area (Å²) >= 11 is 0. The molecule has 110 valence electrons. The molecule has 1 aliphatic carbocycles. The van der Waals surface area contributed by atoms with Gasteiger partial charge in [-0.3, -0.25) is 4.79 Å². The van der Waals surface area contributed by atoms with Crippen LogP contribution in [0.5, 0.6) is 5.75 Å². The van der Waals surface area contributed by atoms with Gasteiger partial charge in [0.15, 0.2) is 5.75 Å². The number of carbonyl (C=O) groups excluding carboxylic acids is 1. The highest BCUT2D eigenvalue weighted by Gasteiger charge is 2.18. The van der Waals surface area contributed by atoms with Crippen molar-refractivity contribution < 1.29 is 9.53 Å². The van der Waals surface area contributed by atoms with E-state index < -0.39 is 0 Å². The third-order valence-corrected chi connectivity index (χ3v) is 3.85. The zero-order chi connectivity index (χ0) is 14.4. The number of hydrogen-bond acceptors (Lipinski definition) is 3. The average molecular weight is 276 g/mol. The molecule has 0 aliphatic heterocycles. The second-order valence-corrected chi connectivity index (χ2v) is 5.37. The highest BCUT2D eigenvalue weighted by atomic mass is 16.5. The lowest BCUT2D eigenvalue weighted by atomic mass is 9.89. The van der Waals surface area contributed by atoms with Gasteiger partial charge >= 0.3 is 0 Å². The minimum absolute atomic E-state index is 0.0914. The van der Waals surface area contributed by atoms with Crippen LogP contribution in [-0.2, 0) is 0 Å². The second kappa shape index (κ2) is 7.17. The molecule has 20 heavy (non-hydrogen) atoms. The van der Waals surface area contributed by atoms with Gasteiger partial charge in [-0.15, -0.1) is 0 Å². The summed E-state index contributed by atoms with van der Waals surface area (Å²) in [5.74, 6) is 1.02. The van der Waals surface area contributed by atoms with Crippen LogP contribution in [0.4, 0.5) is 5.69 Å². The third kappa shape index (κ3) is 3.65. The average Bonchev–Trinajstić information content (AvgIpc) is 2.48. The highest BCUT2D eigenvalue weighted by molar-refractivity contribution is 5.98. The Kier molecular flexibility index (Phi) is 5.27. The predicted octanol–water partition coefficient (Wildman–Crippen LogP) is 2.98. The van der Waals surface area contributed by atoms with Crippen molar-refractivity contribution in [2.24, 2.45) is 5.92 Å². The summed E-state index contributed by atoms with van der Waals surface area (Å²) in [5.41, 5.74) is 6.92. The maximum atomic E-state index is 12.3. The fourth-order valence-electron chi connectivity index (χ4n) is 2.76. The number of carbonyl (C=O) groups is 1. The van der Waals surface area contributed by atoms with Crippen LogP contribution >= 0.6 is 0 Å². The van der Waals surface area contributed by atoms with E-state index in [1.54, 1.807) is 18.2 Å². The molecule has 1 fully saturated rings. The van der Waals surface area contributed by atoms with Crippen LogP contribution in [0.2, 0.25) is 0 Å². The smallest absolute Gasteiger partial charge is 0.255 e. The number of ether oxygens (including phenoxy) is 1. The first-order valence-electron chi connectivity index (χ1n) is 7.52. The molecule has 4 nitrogen and oxygen atoms in total. The van der Waals surface area contributed by atoms with Crippen LogP contribution in [0.15, 0.2) is 18.2 Å². The number of nitrogens with one attached hydrogen (secondary N) is 1. The Labute approximate surface area is 120 Å². The van der Waals surface area contributed by atoms with Crippen LogP contribution in [-0.4, -0.2) is 19.1 Å². The van der Waals surface area contributed by atoms with E-state index in [4.69, 9.17) is 10.5 Å². The van der Waals surface area contributed by atoms with Crippen LogP contribution in [0.1, 0.15) is 49.4 Å². The Bertz CT molecular complexity index is 454. The molecule has 0 heterocycles. The lowest BCUT2D eigenvalue weighted by Gasteiger charge is -2.22. The van der Waals surface area contributed by atoms with Gasteiger partial charge in [-0.05, 0) is 37.8 Å². The normalized spacial score (nSPS) is 15.8. The van der Waals surface area contributed by atoms with Gasteiger partial charge in [0, 0.05) is 6.54 Å². The van der Waals surface area contributed by atoms with Crippen molar-refractivity contribution in [2.75, 3.05) is 18.9 Å². The van der Waals surface area contributed by atoms with Crippen LogP contribution in [0.3, 0.4) is 0 Å². The number of nitrogen functional groups attached to an aromatic ring is 1. The van der Waals surface area contributed by atoms with Crippen molar-refractivity contribution >= 4 is 11.6 Å². The van der Waals surface area contributed by atoms with E-state index in [1.165, 1.54) is 32.1 Å². The molecule has 0 unspecified atom stereocenters. The van der Waals surface area contributed by atoms with Crippen LogP contribution < -0.4 is 15.8 Å². The number of anilines is 1. The fraction of sp³-hybridized carbons (Fsp3) is 0.562. The molecule has 3 N–H and O–H groups in total. The van der Waals surface area contributed by atoms with Gasteiger partial charge in [-0.1, -0.05) is 25.3 Å². The van der Waals surface area contributed by atoms with Gasteiger partial charge in [0.05, 0.1) is 17.9 Å². The zero-order valence-corrected chi connectivity index (χ0v) is 12.2. The molecule has 0 bridgehead atoms. The molecule has 0 atom stereocenters. The second-order valence-electron chi connectivity index (χ2n) is 5.37. The Morgan fingerprint density at radius 3 is 2.80 bits per heavy atom. The molecule has 1 aliphatic rings. The first-order chi connectivity index (χ1) is 9.72. The van der Waals surface area contributed by atoms with E-state index in [9.17, 15) is 4.79 Å². The van der Waals surface area contributed by atoms with E-state index in [-0.39, 0.29) is 5.91 Å². The van der Waals surface area contributed by atoms with Crippen LogP contribution in [0.25, 0.3) is 0 Å². The van der Waals surface area contributed by atoms with E-state index in [0.717, 1.165) is 6.54 Å². The van der Waals surface area contributed by atoms with Gasteiger partial charge < -0.3 is 15.8 Å². The van der Waals surface area contributed by atoms with E-state index in [0.29, 0.717) is 29.5 Å². The summed E-state index contributed by atoms with van der Waals surface area (Å²) in [5, 5.41) is 3.02. The molecular weight excluding hydrogens is 252 g/mol. The van der Waals surface area contributed by atoms with Crippen molar-refractivity contribution in [3.05, 3.63) is 23.8 Å². The minimum Gasteiger partial charge on any atom is -0.491 e. The zero-order valence-electron chi connectivity index (χ0n) is 12.2. The molecule has 0 saturated heterocycles. The fourth-order valence-corrected chi connectivity index (χ4v) is 2.76. The van der Waals surface area contributed by atoms with Gasteiger partial charge in [-0.2, -0.15) is 0 Å². The molecule has 1 saturated carbocycles. The van der Waals surface area contributed by atoms with Crippen molar-refractivity contribution in [1.82, 2.24) is 5.32 Å². The summed E-state index contributed by atoms with van der Waals surface area (Å²) in [4.78, 5) is 12.3. The summed E-state index contributed by atoms with van der Waals surface area (Å²) in [6, 6.07) is 5.30. The number of para-hydroxylation sites is 1. The number of benzene rings is 1. The molecule has 1 aromatic rings. The van der Waals surface area contributed by atoms with Crippen molar-refractivity contribution in [3.8, 4) is 5.75 Å². The molecule has 0 spiro atoms. The van der Waals surface area contributed by atoms with Gasteiger partial charge in [0.2, 0.25) is 0 Å². The van der Waals surface area contributed by atoms with Gasteiger partial charge in [0.1, 0.15) is 0 Å². The summed E-state index contributed by atoms with van der Waals surface area (Å²) in [7, 11) is 0. The molecule has 0 aromatic heterocycles. The number of rotatable bonds is 5.